The Morgan fingerprint density at radius 1 is 1.50 bits per heavy atom. The van der Waals surface area contributed by atoms with Gasteiger partial charge in [0.2, 0.25) is 0 Å². The Morgan fingerprint density at radius 2 is 2.31 bits per heavy atom. The van der Waals surface area contributed by atoms with E-state index in [1.54, 1.807) is 16.9 Å². The summed E-state index contributed by atoms with van der Waals surface area (Å²) in [5.74, 6) is 1.14. The average molecular weight is 278 g/mol. The molecule has 0 aromatic carbocycles. The van der Waals surface area contributed by atoms with Crippen LogP contribution in [0.1, 0.15) is 25.1 Å². The molecule has 1 fully saturated rings. The highest BCUT2D eigenvalue weighted by Gasteiger charge is 2.42. The van der Waals surface area contributed by atoms with Gasteiger partial charge in [0.15, 0.2) is 5.82 Å². The molecule has 6 heteroatoms. The first kappa shape index (κ1) is 9.73. The molecule has 80 valence electrons. The van der Waals surface area contributed by atoms with E-state index in [0.717, 1.165) is 23.7 Å². The largest absolute Gasteiger partial charge is 0.252 e. The van der Waals surface area contributed by atoms with Crippen molar-refractivity contribution in [1.82, 2.24) is 19.6 Å². The lowest BCUT2D eigenvalue weighted by Gasteiger charge is -2.31. The van der Waals surface area contributed by atoms with Gasteiger partial charge in [0.25, 0.3) is 5.78 Å². The highest BCUT2D eigenvalue weighted by molar-refractivity contribution is 9.10. The first-order chi connectivity index (χ1) is 7.73. The molecule has 5 nitrogen and oxygen atoms in total. The van der Waals surface area contributed by atoms with Gasteiger partial charge in [-0.05, 0) is 35.2 Å². The quantitative estimate of drug-likeness (QED) is 0.798. The third kappa shape index (κ3) is 1.25. The standard InChI is InChI=1S/C10H8BrN5/c11-7-4-13-9-14-8(15-16(9)5-7)10(6-12)2-1-3-10/h4-5H,1-3H2. The van der Waals surface area contributed by atoms with Crippen molar-refractivity contribution in [2.75, 3.05) is 0 Å². The summed E-state index contributed by atoms with van der Waals surface area (Å²) < 4.78 is 2.45. The number of halogens is 1. The van der Waals surface area contributed by atoms with E-state index in [0.29, 0.717) is 11.6 Å². The maximum Gasteiger partial charge on any atom is 0.252 e. The molecule has 2 heterocycles. The maximum atomic E-state index is 9.20. The minimum atomic E-state index is -0.472. The average Bonchev–Trinajstić information content (AvgIpc) is 2.60. The second-order valence-corrected chi connectivity index (χ2v) is 4.92. The van der Waals surface area contributed by atoms with E-state index in [2.05, 4.69) is 37.1 Å². The number of rotatable bonds is 1. The van der Waals surface area contributed by atoms with Crippen LogP contribution in [0.5, 0.6) is 0 Å². The Balaban J connectivity index is 2.16. The predicted molar refractivity (Wildman–Crippen MR) is 59.6 cm³/mol. The molecule has 3 rings (SSSR count). The fourth-order valence-corrected chi connectivity index (χ4v) is 2.17. The predicted octanol–water partition coefficient (Wildman–Crippen LogP) is 1.83. The number of aromatic nitrogens is 4. The van der Waals surface area contributed by atoms with E-state index in [4.69, 9.17) is 0 Å². The molecule has 1 aliphatic carbocycles. The molecule has 0 radical (unpaired) electrons. The van der Waals surface area contributed by atoms with Crippen LogP contribution in [-0.2, 0) is 5.41 Å². The van der Waals surface area contributed by atoms with Crippen LogP contribution in [0.3, 0.4) is 0 Å². The van der Waals surface area contributed by atoms with Gasteiger partial charge in [-0.3, -0.25) is 0 Å². The fraction of sp³-hybridized carbons (Fsp3) is 0.400. The molecule has 0 spiro atoms. The zero-order valence-electron chi connectivity index (χ0n) is 8.39. The number of fused-ring (bicyclic) bond motifs is 1. The van der Waals surface area contributed by atoms with Gasteiger partial charge in [-0.1, -0.05) is 0 Å². The normalized spacial score (nSPS) is 18.0. The molecule has 16 heavy (non-hydrogen) atoms. The van der Waals surface area contributed by atoms with E-state index < -0.39 is 5.41 Å². The van der Waals surface area contributed by atoms with E-state index in [9.17, 15) is 5.26 Å². The number of hydrogen-bond acceptors (Lipinski definition) is 4. The molecule has 0 N–H and O–H groups in total. The highest BCUT2D eigenvalue weighted by Crippen LogP contribution is 2.41. The zero-order chi connectivity index (χ0) is 11.2. The molecule has 0 bridgehead atoms. The summed E-state index contributed by atoms with van der Waals surface area (Å²) >= 11 is 3.32. The van der Waals surface area contributed by atoms with Crippen LogP contribution in [0.25, 0.3) is 5.78 Å². The molecule has 0 atom stereocenters. The third-order valence-electron chi connectivity index (χ3n) is 3.01. The van der Waals surface area contributed by atoms with Crippen molar-refractivity contribution in [1.29, 1.82) is 5.26 Å². The van der Waals surface area contributed by atoms with Crippen molar-refractivity contribution < 1.29 is 0 Å². The maximum absolute atomic E-state index is 9.20. The van der Waals surface area contributed by atoms with Gasteiger partial charge in [0.1, 0.15) is 5.41 Å². The van der Waals surface area contributed by atoms with Gasteiger partial charge in [0.05, 0.1) is 10.5 Å². The van der Waals surface area contributed by atoms with E-state index >= 15 is 0 Å². The summed E-state index contributed by atoms with van der Waals surface area (Å²) in [6.07, 6.45) is 6.24. The zero-order valence-corrected chi connectivity index (χ0v) is 9.98. The molecule has 0 unspecified atom stereocenters. The van der Waals surface area contributed by atoms with E-state index in [1.807, 2.05) is 0 Å². The molecule has 1 aliphatic rings. The lowest BCUT2D eigenvalue weighted by atomic mass is 9.69. The van der Waals surface area contributed by atoms with Crippen molar-refractivity contribution in [3.63, 3.8) is 0 Å². The Kier molecular flexibility index (Phi) is 1.98. The van der Waals surface area contributed by atoms with Crippen molar-refractivity contribution in [2.45, 2.75) is 24.7 Å². The molecule has 2 aromatic rings. The molecular weight excluding hydrogens is 270 g/mol. The lowest BCUT2D eigenvalue weighted by Crippen LogP contribution is -2.33. The summed E-state index contributed by atoms with van der Waals surface area (Å²) in [7, 11) is 0. The fourth-order valence-electron chi connectivity index (χ4n) is 1.88. The molecule has 0 aliphatic heterocycles. The minimum Gasteiger partial charge on any atom is -0.218 e. The van der Waals surface area contributed by atoms with Crippen LogP contribution in [0, 0.1) is 11.3 Å². The van der Waals surface area contributed by atoms with Crippen LogP contribution in [0.15, 0.2) is 16.9 Å². The summed E-state index contributed by atoms with van der Waals surface area (Å²) in [6.45, 7) is 0. The van der Waals surface area contributed by atoms with E-state index in [-0.39, 0.29) is 0 Å². The minimum absolute atomic E-state index is 0.472. The monoisotopic (exact) mass is 277 g/mol. The van der Waals surface area contributed by atoms with Gasteiger partial charge in [0, 0.05) is 12.4 Å². The third-order valence-corrected chi connectivity index (χ3v) is 3.42. The van der Waals surface area contributed by atoms with Crippen LogP contribution in [0.4, 0.5) is 0 Å². The van der Waals surface area contributed by atoms with Crippen molar-refractivity contribution in [3.05, 3.63) is 22.7 Å². The second kappa shape index (κ2) is 3.25. The summed E-state index contributed by atoms with van der Waals surface area (Å²) in [5.41, 5.74) is -0.472. The van der Waals surface area contributed by atoms with Gasteiger partial charge in [-0.15, -0.1) is 5.10 Å². The van der Waals surface area contributed by atoms with E-state index in [1.165, 1.54) is 0 Å². The Labute approximate surface area is 100 Å². The molecule has 2 aromatic heterocycles. The van der Waals surface area contributed by atoms with Crippen molar-refractivity contribution in [2.24, 2.45) is 0 Å². The Hall–Kier alpha value is -1.48. The topological polar surface area (TPSA) is 66.9 Å². The molecule has 0 saturated heterocycles. The van der Waals surface area contributed by atoms with Crippen LogP contribution in [0.2, 0.25) is 0 Å². The van der Waals surface area contributed by atoms with Crippen LogP contribution >= 0.6 is 15.9 Å². The van der Waals surface area contributed by atoms with Gasteiger partial charge >= 0.3 is 0 Å². The van der Waals surface area contributed by atoms with Crippen LogP contribution < -0.4 is 0 Å². The Morgan fingerprint density at radius 3 is 2.94 bits per heavy atom. The highest BCUT2D eigenvalue weighted by atomic mass is 79.9. The van der Waals surface area contributed by atoms with Gasteiger partial charge in [-0.2, -0.15) is 10.2 Å². The number of nitriles is 1. The SMILES string of the molecule is N#CC1(c2nc3ncc(Br)cn3n2)CCC1. The molecule has 0 amide bonds. The lowest BCUT2D eigenvalue weighted by molar-refractivity contribution is 0.307. The first-order valence-corrected chi connectivity index (χ1v) is 5.82. The first-order valence-electron chi connectivity index (χ1n) is 5.03. The molecular formula is C10H8BrN5. The smallest absolute Gasteiger partial charge is 0.218 e. The number of nitrogens with zero attached hydrogens (tertiary/aromatic N) is 5. The molecule has 1 saturated carbocycles. The summed E-state index contributed by atoms with van der Waals surface area (Å²) in [4.78, 5) is 8.46. The van der Waals surface area contributed by atoms with Crippen molar-refractivity contribution in [3.8, 4) is 6.07 Å². The Bertz CT molecular complexity index is 593. The summed E-state index contributed by atoms with van der Waals surface area (Å²) in [5, 5.41) is 13.5. The number of hydrogen-bond donors (Lipinski definition) is 0. The summed E-state index contributed by atoms with van der Waals surface area (Å²) in [6, 6.07) is 2.33. The van der Waals surface area contributed by atoms with Gasteiger partial charge in [-0.25, -0.2) is 9.50 Å². The van der Waals surface area contributed by atoms with Crippen LogP contribution in [-0.4, -0.2) is 19.6 Å². The second-order valence-electron chi connectivity index (χ2n) is 4.00. The van der Waals surface area contributed by atoms with Crippen molar-refractivity contribution >= 4 is 21.7 Å². The van der Waals surface area contributed by atoms with Gasteiger partial charge < -0.3 is 0 Å².